The van der Waals surface area contributed by atoms with Crippen LogP contribution in [0, 0.1) is 6.92 Å². The summed E-state index contributed by atoms with van der Waals surface area (Å²) in [6.07, 6.45) is -1.22. The molecule has 1 aliphatic heterocycles. The lowest BCUT2D eigenvalue weighted by Crippen LogP contribution is -2.39. The van der Waals surface area contributed by atoms with Gasteiger partial charge in [0.25, 0.3) is 0 Å². The van der Waals surface area contributed by atoms with E-state index in [0.29, 0.717) is 17.1 Å². The Labute approximate surface area is 138 Å². The van der Waals surface area contributed by atoms with Crippen molar-refractivity contribution >= 4 is 35.1 Å². The molecule has 0 radical (unpaired) electrons. The second kappa shape index (κ2) is 7.43. The van der Waals surface area contributed by atoms with Gasteiger partial charge in [0.15, 0.2) is 6.10 Å². The van der Waals surface area contributed by atoms with Crippen LogP contribution in [0.5, 0.6) is 0 Å². The number of rotatable bonds is 5. The number of carbonyl (C=O) groups is 3. The molecule has 1 aliphatic rings. The number of aryl methyl sites for hydroxylation is 1. The number of carbonyl (C=O) groups excluding carboxylic acids is 2. The zero-order valence-corrected chi connectivity index (χ0v) is 13.2. The van der Waals surface area contributed by atoms with Gasteiger partial charge >= 0.3 is 5.97 Å². The fourth-order valence-corrected chi connectivity index (χ4v) is 2.49. The fourth-order valence-electron chi connectivity index (χ4n) is 2.21. The van der Waals surface area contributed by atoms with Crippen molar-refractivity contribution in [1.29, 1.82) is 0 Å². The predicted molar refractivity (Wildman–Crippen MR) is 83.4 cm³/mol. The highest BCUT2D eigenvalue weighted by Gasteiger charge is 2.34. The summed E-state index contributed by atoms with van der Waals surface area (Å²) in [6, 6.07) is 5.20. The fraction of sp³-hybridized carbons (Fsp3) is 0.400. The second-order valence-corrected chi connectivity index (χ2v) is 5.69. The zero-order chi connectivity index (χ0) is 17.0. The van der Waals surface area contributed by atoms with E-state index in [1.807, 2.05) is 6.92 Å². The molecule has 8 heteroatoms. The zero-order valence-electron chi connectivity index (χ0n) is 12.5. The van der Waals surface area contributed by atoms with Crippen molar-refractivity contribution in [3.05, 3.63) is 28.8 Å². The number of nitrogens with one attached hydrogen (secondary N) is 2. The van der Waals surface area contributed by atoms with Crippen LogP contribution in [0.3, 0.4) is 0 Å². The summed E-state index contributed by atoms with van der Waals surface area (Å²) in [5.41, 5.74) is 1.42. The number of hydrogen-bond acceptors (Lipinski definition) is 4. The van der Waals surface area contributed by atoms with Crippen LogP contribution in [-0.2, 0) is 19.1 Å². The molecule has 0 aromatic heterocycles. The molecule has 7 nitrogen and oxygen atoms in total. The van der Waals surface area contributed by atoms with Crippen LogP contribution >= 0.6 is 11.6 Å². The molecule has 23 heavy (non-hydrogen) atoms. The number of carboxylic acids is 1. The van der Waals surface area contributed by atoms with E-state index in [4.69, 9.17) is 21.4 Å². The molecule has 0 aliphatic carbocycles. The lowest BCUT2D eigenvalue weighted by Gasteiger charge is -2.12. The van der Waals surface area contributed by atoms with E-state index in [1.54, 1.807) is 18.2 Å². The molecule has 124 valence electrons. The first-order valence-corrected chi connectivity index (χ1v) is 7.46. The normalized spacial score (nSPS) is 20.1. The van der Waals surface area contributed by atoms with Gasteiger partial charge in [0, 0.05) is 0 Å². The first kappa shape index (κ1) is 17.2. The monoisotopic (exact) mass is 340 g/mol. The highest BCUT2D eigenvalue weighted by Crippen LogP contribution is 2.22. The summed E-state index contributed by atoms with van der Waals surface area (Å²) in [7, 11) is 0. The van der Waals surface area contributed by atoms with Crippen molar-refractivity contribution in [1.82, 2.24) is 5.32 Å². The Balaban J connectivity index is 1.80. The van der Waals surface area contributed by atoms with Crippen LogP contribution in [0.25, 0.3) is 0 Å². The van der Waals surface area contributed by atoms with E-state index in [0.717, 1.165) is 5.56 Å². The quantitative estimate of drug-likeness (QED) is 0.750. The molecule has 0 unspecified atom stereocenters. The Morgan fingerprint density at radius 2 is 2.00 bits per heavy atom. The summed E-state index contributed by atoms with van der Waals surface area (Å²) in [4.78, 5) is 34.4. The van der Waals surface area contributed by atoms with Gasteiger partial charge in [0.2, 0.25) is 11.8 Å². The Hall–Kier alpha value is -2.12. The average Bonchev–Trinajstić information content (AvgIpc) is 2.98. The van der Waals surface area contributed by atoms with Gasteiger partial charge in [-0.05, 0) is 37.5 Å². The van der Waals surface area contributed by atoms with Crippen molar-refractivity contribution in [2.45, 2.75) is 32.0 Å². The van der Waals surface area contributed by atoms with Gasteiger partial charge in [-0.2, -0.15) is 0 Å². The Morgan fingerprint density at radius 1 is 1.30 bits per heavy atom. The van der Waals surface area contributed by atoms with Crippen molar-refractivity contribution in [3.8, 4) is 0 Å². The maximum atomic E-state index is 11.8. The number of ether oxygens (including phenoxy) is 1. The standard InChI is InChI=1S/C15H17ClN2O5/c1-8-2-3-10(9(16)6-8)18-13(19)7-17-14(20)11-4-5-12(23-11)15(21)22/h2-3,6,11-12H,4-5,7H2,1H3,(H,17,20)(H,18,19)(H,21,22)/t11-,12+/m0/s1. The Bertz CT molecular complexity index is 634. The molecule has 0 spiro atoms. The summed E-state index contributed by atoms with van der Waals surface area (Å²) >= 11 is 6.01. The van der Waals surface area contributed by atoms with Crippen molar-refractivity contribution in [2.24, 2.45) is 0 Å². The predicted octanol–water partition coefficient (Wildman–Crippen LogP) is 1.34. The molecule has 2 rings (SSSR count). The van der Waals surface area contributed by atoms with E-state index in [9.17, 15) is 14.4 Å². The minimum absolute atomic E-state index is 0.249. The van der Waals surface area contributed by atoms with E-state index >= 15 is 0 Å². The van der Waals surface area contributed by atoms with Crippen LogP contribution in [0.2, 0.25) is 5.02 Å². The Morgan fingerprint density at radius 3 is 2.61 bits per heavy atom. The van der Waals surface area contributed by atoms with Crippen LogP contribution in [0.1, 0.15) is 18.4 Å². The van der Waals surface area contributed by atoms with Gasteiger partial charge in [-0.3, -0.25) is 9.59 Å². The highest BCUT2D eigenvalue weighted by atomic mass is 35.5. The van der Waals surface area contributed by atoms with Gasteiger partial charge in [0.05, 0.1) is 17.3 Å². The smallest absolute Gasteiger partial charge is 0.332 e. The number of benzene rings is 1. The minimum Gasteiger partial charge on any atom is -0.479 e. The lowest BCUT2D eigenvalue weighted by atomic mass is 10.2. The molecule has 1 fully saturated rings. The van der Waals surface area contributed by atoms with E-state index in [2.05, 4.69) is 10.6 Å². The first-order valence-electron chi connectivity index (χ1n) is 7.09. The summed E-state index contributed by atoms with van der Waals surface area (Å²) in [5, 5.41) is 14.2. The molecule has 2 amide bonds. The van der Waals surface area contributed by atoms with Gasteiger partial charge in [-0.25, -0.2) is 4.79 Å². The topological polar surface area (TPSA) is 105 Å². The summed E-state index contributed by atoms with van der Waals surface area (Å²) in [5.74, 6) is -2.03. The van der Waals surface area contributed by atoms with Crippen LogP contribution in [0.15, 0.2) is 18.2 Å². The second-order valence-electron chi connectivity index (χ2n) is 5.28. The largest absolute Gasteiger partial charge is 0.479 e. The van der Waals surface area contributed by atoms with Gasteiger partial charge in [-0.15, -0.1) is 0 Å². The number of anilines is 1. The number of halogens is 1. The minimum atomic E-state index is -1.09. The molecular weight excluding hydrogens is 324 g/mol. The Kier molecular flexibility index (Phi) is 5.57. The molecular formula is C15H17ClN2O5. The SMILES string of the molecule is Cc1ccc(NC(=O)CNC(=O)[C@@H]2CC[C@H](C(=O)O)O2)c(Cl)c1. The number of hydrogen-bond donors (Lipinski definition) is 3. The molecule has 2 atom stereocenters. The number of carboxylic acid groups (broad SMARTS) is 1. The molecule has 1 saturated heterocycles. The van der Waals surface area contributed by atoms with E-state index in [-0.39, 0.29) is 13.0 Å². The lowest BCUT2D eigenvalue weighted by molar-refractivity contribution is -0.152. The third kappa shape index (κ3) is 4.67. The van der Waals surface area contributed by atoms with Gasteiger partial charge in [-0.1, -0.05) is 17.7 Å². The third-order valence-corrected chi connectivity index (χ3v) is 3.72. The van der Waals surface area contributed by atoms with Gasteiger partial charge in [0.1, 0.15) is 6.10 Å². The van der Waals surface area contributed by atoms with Crippen molar-refractivity contribution < 1.29 is 24.2 Å². The molecule has 0 saturated carbocycles. The first-order chi connectivity index (χ1) is 10.9. The number of amides is 2. The molecule has 1 aromatic rings. The molecule has 1 heterocycles. The average molecular weight is 341 g/mol. The molecule has 1 aromatic carbocycles. The highest BCUT2D eigenvalue weighted by molar-refractivity contribution is 6.33. The van der Waals surface area contributed by atoms with Gasteiger partial charge < -0.3 is 20.5 Å². The van der Waals surface area contributed by atoms with Crippen LogP contribution in [0.4, 0.5) is 5.69 Å². The van der Waals surface area contributed by atoms with Crippen molar-refractivity contribution in [3.63, 3.8) is 0 Å². The summed E-state index contributed by atoms with van der Waals surface area (Å²) < 4.78 is 5.10. The van der Waals surface area contributed by atoms with Crippen molar-refractivity contribution in [2.75, 3.05) is 11.9 Å². The third-order valence-electron chi connectivity index (χ3n) is 3.41. The molecule has 3 N–H and O–H groups in total. The van der Waals surface area contributed by atoms with Crippen LogP contribution in [-0.4, -0.2) is 41.6 Å². The van der Waals surface area contributed by atoms with Crippen LogP contribution < -0.4 is 10.6 Å². The van der Waals surface area contributed by atoms with E-state index < -0.39 is 30.0 Å². The molecule has 0 bridgehead atoms. The number of aliphatic carboxylic acids is 1. The maximum absolute atomic E-state index is 11.8. The maximum Gasteiger partial charge on any atom is 0.332 e. The summed E-state index contributed by atoms with van der Waals surface area (Å²) in [6.45, 7) is 1.63. The van der Waals surface area contributed by atoms with E-state index in [1.165, 1.54) is 0 Å².